The van der Waals surface area contributed by atoms with Gasteiger partial charge < -0.3 is 9.63 Å². The third-order valence-electron chi connectivity index (χ3n) is 2.49. The molecule has 3 nitrogen and oxygen atoms in total. The number of benzene rings is 1. The molecule has 2 aromatic rings. The van der Waals surface area contributed by atoms with Gasteiger partial charge in [-0.2, -0.15) is 0 Å². The largest absolute Gasteiger partial charge is 0.506 e. The summed E-state index contributed by atoms with van der Waals surface area (Å²) in [6.45, 7) is 1.26. The van der Waals surface area contributed by atoms with Gasteiger partial charge in [0.1, 0.15) is 18.1 Å². The van der Waals surface area contributed by atoms with Crippen molar-refractivity contribution in [3.8, 4) is 5.75 Å². The number of nitrogens with zero attached hydrogens (tertiary/aromatic N) is 1. The Morgan fingerprint density at radius 1 is 1.56 bits per heavy atom. The van der Waals surface area contributed by atoms with Crippen LogP contribution in [-0.2, 0) is 13.1 Å². The Balaban J connectivity index is 2.74. The number of hydrogen-bond acceptors (Lipinski definition) is 3. The van der Waals surface area contributed by atoms with Gasteiger partial charge in [0.25, 0.3) is 0 Å². The van der Waals surface area contributed by atoms with Crippen LogP contribution in [0.25, 0.3) is 11.0 Å². The number of fused-ring (bicyclic) bond motifs is 1. The van der Waals surface area contributed by atoms with Gasteiger partial charge in [-0.25, -0.2) is 4.39 Å². The highest BCUT2D eigenvalue weighted by Gasteiger charge is 2.17. The van der Waals surface area contributed by atoms with Crippen LogP contribution in [0.1, 0.15) is 24.6 Å². The standard InChI is InChI=1S/C11H11ClFNO2/c1-2-3-6-10(15)8(12)4-7-9(5-13)14-16-11(6)7/h4,15H,2-3,5H2,1H3. The van der Waals surface area contributed by atoms with Crippen molar-refractivity contribution >= 4 is 22.6 Å². The van der Waals surface area contributed by atoms with Crippen molar-refractivity contribution in [3.05, 3.63) is 22.3 Å². The molecule has 0 bridgehead atoms. The summed E-state index contributed by atoms with van der Waals surface area (Å²) in [6.07, 6.45) is 1.44. The van der Waals surface area contributed by atoms with Crippen LogP contribution in [-0.4, -0.2) is 10.3 Å². The highest BCUT2D eigenvalue weighted by atomic mass is 35.5. The lowest BCUT2D eigenvalue weighted by atomic mass is 10.1. The summed E-state index contributed by atoms with van der Waals surface area (Å²) in [4.78, 5) is 0. The number of aromatic hydroxyl groups is 1. The molecule has 5 heteroatoms. The number of halogens is 2. The van der Waals surface area contributed by atoms with E-state index in [9.17, 15) is 9.50 Å². The van der Waals surface area contributed by atoms with E-state index in [1.165, 1.54) is 6.07 Å². The fourth-order valence-electron chi connectivity index (χ4n) is 1.72. The van der Waals surface area contributed by atoms with Crippen LogP contribution in [0.3, 0.4) is 0 Å². The second kappa shape index (κ2) is 4.29. The molecule has 0 spiro atoms. The first-order valence-corrected chi connectivity index (χ1v) is 5.41. The summed E-state index contributed by atoms with van der Waals surface area (Å²) in [5, 5.41) is 14.2. The minimum atomic E-state index is -0.709. The monoisotopic (exact) mass is 243 g/mol. The second-order valence-corrected chi connectivity index (χ2v) is 3.98. The van der Waals surface area contributed by atoms with Gasteiger partial charge in [-0.15, -0.1) is 0 Å². The first kappa shape index (κ1) is 11.2. The van der Waals surface area contributed by atoms with Crippen LogP contribution >= 0.6 is 11.6 Å². The Morgan fingerprint density at radius 2 is 2.31 bits per heavy atom. The lowest BCUT2D eigenvalue weighted by Gasteiger charge is -2.05. The van der Waals surface area contributed by atoms with E-state index in [4.69, 9.17) is 16.1 Å². The summed E-state index contributed by atoms with van der Waals surface area (Å²) < 4.78 is 17.7. The molecule has 0 aliphatic heterocycles. The molecule has 0 saturated heterocycles. The molecule has 0 atom stereocenters. The molecule has 0 saturated carbocycles. The van der Waals surface area contributed by atoms with E-state index in [1.54, 1.807) is 0 Å². The van der Waals surface area contributed by atoms with E-state index in [1.807, 2.05) is 6.92 Å². The van der Waals surface area contributed by atoms with E-state index in [-0.39, 0.29) is 16.5 Å². The first-order valence-electron chi connectivity index (χ1n) is 5.03. The van der Waals surface area contributed by atoms with Crippen LogP contribution in [0.2, 0.25) is 5.02 Å². The van der Waals surface area contributed by atoms with Gasteiger partial charge >= 0.3 is 0 Å². The van der Waals surface area contributed by atoms with E-state index in [0.29, 0.717) is 23.0 Å². The van der Waals surface area contributed by atoms with E-state index in [2.05, 4.69) is 5.16 Å². The molecule has 86 valence electrons. The molecular weight excluding hydrogens is 233 g/mol. The molecule has 16 heavy (non-hydrogen) atoms. The minimum Gasteiger partial charge on any atom is -0.506 e. The summed E-state index contributed by atoms with van der Waals surface area (Å²) in [5.74, 6) is -0.00225. The molecule has 0 aliphatic carbocycles. The van der Waals surface area contributed by atoms with Gasteiger partial charge in [0.05, 0.1) is 5.02 Å². The Kier molecular flexibility index (Phi) is 3.01. The van der Waals surface area contributed by atoms with Crippen molar-refractivity contribution in [1.29, 1.82) is 0 Å². The first-order chi connectivity index (χ1) is 7.69. The van der Waals surface area contributed by atoms with Crippen molar-refractivity contribution in [2.45, 2.75) is 26.4 Å². The van der Waals surface area contributed by atoms with Gasteiger partial charge in [0.2, 0.25) is 0 Å². The molecule has 1 aromatic carbocycles. The second-order valence-electron chi connectivity index (χ2n) is 3.58. The van der Waals surface area contributed by atoms with Gasteiger partial charge in [0.15, 0.2) is 5.58 Å². The normalized spacial score (nSPS) is 11.2. The Hall–Kier alpha value is -1.29. The zero-order chi connectivity index (χ0) is 11.7. The third-order valence-corrected chi connectivity index (χ3v) is 2.77. The summed E-state index contributed by atoms with van der Waals surface area (Å²) >= 11 is 5.87. The molecule has 1 heterocycles. The Morgan fingerprint density at radius 3 is 2.94 bits per heavy atom. The predicted octanol–water partition coefficient (Wildman–Crippen LogP) is 3.61. The van der Waals surface area contributed by atoms with E-state index < -0.39 is 6.67 Å². The zero-order valence-electron chi connectivity index (χ0n) is 8.76. The highest BCUT2D eigenvalue weighted by molar-refractivity contribution is 6.33. The topological polar surface area (TPSA) is 46.3 Å². The molecule has 0 unspecified atom stereocenters. The average Bonchev–Trinajstić information content (AvgIpc) is 2.67. The van der Waals surface area contributed by atoms with Gasteiger partial charge in [-0.3, -0.25) is 0 Å². The lowest BCUT2D eigenvalue weighted by Crippen LogP contribution is -1.87. The molecule has 0 fully saturated rings. The van der Waals surface area contributed by atoms with Crippen molar-refractivity contribution in [3.63, 3.8) is 0 Å². The van der Waals surface area contributed by atoms with Gasteiger partial charge in [-0.05, 0) is 12.5 Å². The predicted molar refractivity (Wildman–Crippen MR) is 59.5 cm³/mol. The number of phenolic OH excluding ortho intramolecular Hbond substituents is 1. The number of alkyl halides is 1. The Bertz CT molecular complexity index is 524. The smallest absolute Gasteiger partial charge is 0.174 e. The molecule has 1 N–H and O–H groups in total. The fraction of sp³-hybridized carbons (Fsp3) is 0.364. The summed E-state index contributed by atoms with van der Waals surface area (Å²) in [7, 11) is 0. The van der Waals surface area contributed by atoms with Gasteiger partial charge in [-0.1, -0.05) is 30.1 Å². The lowest BCUT2D eigenvalue weighted by molar-refractivity contribution is 0.406. The molecule has 2 rings (SSSR count). The maximum Gasteiger partial charge on any atom is 0.174 e. The number of aromatic nitrogens is 1. The number of phenols is 1. The van der Waals surface area contributed by atoms with Crippen LogP contribution in [0.5, 0.6) is 5.75 Å². The number of hydrogen-bond donors (Lipinski definition) is 1. The maximum atomic E-state index is 12.6. The van der Waals surface area contributed by atoms with Crippen molar-refractivity contribution in [1.82, 2.24) is 5.16 Å². The SMILES string of the molecule is CCCc1c(O)c(Cl)cc2c(CF)noc12. The maximum absolute atomic E-state index is 12.6. The average molecular weight is 244 g/mol. The van der Waals surface area contributed by atoms with Crippen LogP contribution in [0.4, 0.5) is 4.39 Å². The Labute approximate surface area is 96.8 Å². The highest BCUT2D eigenvalue weighted by Crippen LogP contribution is 2.36. The van der Waals surface area contributed by atoms with E-state index >= 15 is 0 Å². The fourth-order valence-corrected chi connectivity index (χ4v) is 1.94. The van der Waals surface area contributed by atoms with Crippen LogP contribution in [0.15, 0.2) is 10.6 Å². The summed E-state index contributed by atoms with van der Waals surface area (Å²) in [6, 6.07) is 1.48. The third kappa shape index (κ3) is 1.63. The minimum absolute atomic E-state index is 0.00225. The zero-order valence-corrected chi connectivity index (χ0v) is 9.51. The van der Waals surface area contributed by atoms with Gasteiger partial charge in [0, 0.05) is 10.9 Å². The van der Waals surface area contributed by atoms with Crippen molar-refractivity contribution in [2.75, 3.05) is 0 Å². The molecule has 0 aliphatic rings. The molecule has 0 radical (unpaired) electrons. The van der Waals surface area contributed by atoms with E-state index in [0.717, 1.165) is 6.42 Å². The summed E-state index contributed by atoms with van der Waals surface area (Å²) in [5.41, 5.74) is 1.24. The molecular formula is C11H11ClFNO2. The van der Waals surface area contributed by atoms with Crippen LogP contribution in [0, 0.1) is 0 Å². The van der Waals surface area contributed by atoms with Crippen LogP contribution < -0.4 is 0 Å². The van der Waals surface area contributed by atoms with Crippen molar-refractivity contribution in [2.24, 2.45) is 0 Å². The number of aryl methyl sites for hydroxylation is 1. The van der Waals surface area contributed by atoms with Crippen molar-refractivity contribution < 1.29 is 14.0 Å². The number of rotatable bonds is 3. The molecule has 0 amide bonds. The molecule has 1 aromatic heterocycles. The quantitative estimate of drug-likeness (QED) is 0.896.